The Labute approximate surface area is 146 Å². The Morgan fingerprint density at radius 1 is 0.958 bits per heavy atom. The number of morpholine rings is 1. The first-order chi connectivity index (χ1) is 11.1. The molecule has 2 heterocycles. The number of hydrogen-bond donors (Lipinski definition) is 0. The lowest BCUT2D eigenvalue weighted by atomic mass is 9.79. The molecule has 2 saturated heterocycles. The molecule has 0 N–H and O–H groups in total. The largest absolute Gasteiger partial charge is 0.494 e. The van der Waals surface area contributed by atoms with E-state index in [-0.39, 0.29) is 23.9 Å². The lowest BCUT2D eigenvalue weighted by molar-refractivity contribution is -0.0552. The van der Waals surface area contributed by atoms with Gasteiger partial charge in [0.05, 0.1) is 24.4 Å². The van der Waals surface area contributed by atoms with Crippen molar-refractivity contribution in [1.82, 2.24) is 4.90 Å². The molecule has 0 aromatic heterocycles. The summed E-state index contributed by atoms with van der Waals surface area (Å²) in [5, 5.41) is 0. The molecular formula is C19H30BNO3. The van der Waals surface area contributed by atoms with Crippen LogP contribution in [0.1, 0.15) is 47.1 Å². The summed E-state index contributed by atoms with van der Waals surface area (Å²) in [6.07, 6.45) is 0. The zero-order valence-electron chi connectivity index (χ0n) is 15.9. The molecule has 0 aliphatic carbocycles. The summed E-state index contributed by atoms with van der Waals surface area (Å²) in [4.78, 5) is 2.49. The van der Waals surface area contributed by atoms with Crippen LogP contribution in [-0.4, -0.2) is 48.5 Å². The Bertz CT molecular complexity index is 567. The van der Waals surface area contributed by atoms with Gasteiger partial charge in [-0.15, -0.1) is 0 Å². The van der Waals surface area contributed by atoms with Crippen LogP contribution in [0.3, 0.4) is 0 Å². The lowest BCUT2D eigenvalue weighted by Crippen LogP contribution is -2.52. The van der Waals surface area contributed by atoms with Crippen molar-refractivity contribution in [2.24, 2.45) is 0 Å². The van der Waals surface area contributed by atoms with Crippen molar-refractivity contribution in [3.05, 3.63) is 29.8 Å². The van der Waals surface area contributed by atoms with Crippen LogP contribution >= 0.6 is 0 Å². The standard InChI is InChI=1S/C19H30BNO3/c1-17(2)14-22-12-11-21(17)13-15-7-9-16(10-8-15)20-23-18(3,4)19(5,6)24-20/h7-10H,11-14H2,1-6H3. The maximum atomic E-state index is 6.12. The molecule has 1 aromatic rings. The van der Waals surface area contributed by atoms with E-state index < -0.39 is 0 Å². The first-order valence-corrected chi connectivity index (χ1v) is 8.88. The van der Waals surface area contributed by atoms with Gasteiger partial charge in [-0.05, 0) is 52.6 Å². The third-order valence-corrected chi connectivity index (χ3v) is 5.70. The molecule has 3 rings (SSSR count). The van der Waals surface area contributed by atoms with E-state index in [1.807, 2.05) is 0 Å². The lowest BCUT2D eigenvalue weighted by Gasteiger charge is -2.42. The van der Waals surface area contributed by atoms with Gasteiger partial charge in [0.1, 0.15) is 0 Å². The third-order valence-electron chi connectivity index (χ3n) is 5.70. The van der Waals surface area contributed by atoms with E-state index >= 15 is 0 Å². The van der Waals surface area contributed by atoms with Crippen molar-refractivity contribution in [2.75, 3.05) is 19.8 Å². The van der Waals surface area contributed by atoms with E-state index in [1.165, 1.54) is 5.56 Å². The minimum absolute atomic E-state index is 0.0860. The molecule has 2 aliphatic heterocycles. The molecular weight excluding hydrogens is 301 g/mol. The molecule has 132 valence electrons. The predicted octanol–water partition coefficient (Wildman–Crippen LogP) is 2.60. The molecule has 0 amide bonds. The molecule has 24 heavy (non-hydrogen) atoms. The van der Waals surface area contributed by atoms with E-state index in [4.69, 9.17) is 14.0 Å². The monoisotopic (exact) mass is 331 g/mol. The van der Waals surface area contributed by atoms with Crippen molar-refractivity contribution >= 4 is 12.6 Å². The van der Waals surface area contributed by atoms with Crippen LogP contribution in [0.5, 0.6) is 0 Å². The maximum absolute atomic E-state index is 6.12. The van der Waals surface area contributed by atoms with Crippen LogP contribution < -0.4 is 5.46 Å². The molecule has 0 bridgehead atoms. The van der Waals surface area contributed by atoms with Gasteiger partial charge in [0.25, 0.3) is 0 Å². The van der Waals surface area contributed by atoms with Gasteiger partial charge in [-0.25, -0.2) is 0 Å². The number of hydrogen-bond acceptors (Lipinski definition) is 4. The summed E-state index contributed by atoms with van der Waals surface area (Å²) >= 11 is 0. The zero-order valence-corrected chi connectivity index (χ0v) is 15.9. The number of ether oxygens (including phenoxy) is 1. The number of nitrogens with zero attached hydrogens (tertiary/aromatic N) is 1. The Morgan fingerprint density at radius 3 is 2.08 bits per heavy atom. The molecule has 4 nitrogen and oxygen atoms in total. The van der Waals surface area contributed by atoms with E-state index in [9.17, 15) is 0 Å². The Kier molecular flexibility index (Phi) is 4.58. The van der Waals surface area contributed by atoms with Gasteiger partial charge in [-0.2, -0.15) is 0 Å². The topological polar surface area (TPSA) is 30.9 Å². The Balaban J connectivity index is 1.68. The molecule has 2 fully saturated rings. The first kappa shape index (κ1) is 17.9. The highest BCUT2D eigenvalue weighted by Crippen LogP contribution is 2.36. The highest BCUT2D eigenvalue weighted by atomic mass is 16.7. The fourth-order valence-corrected chi connectivity index (χ4v) is 3.16. The summed E-state index contributed by atoms with van der Waals surface area (Å²) in [6, 6.07) is 8.63. The van der Waals surface area contributed by atoms with Crippen molar-refractivity contribution in [2.45, 2.75) is 64.8 Å². The quantitative estimate of drug-likeness (QED) is 0.797. The van der Waals surface area contributed by atoms with Crippen molar-refractivity contribution in [3.8, 4) is 0 Å². The van der Waals surface area contributed by atoms with Gasteiger partial charge in [-0.1, -0.05) is 24.3 Å². The maximum Gasteiger partial charge on any atom is 0.494 e. The van der Waals surface area contributed by atoms with Crippen LogP contribution in [-0.2, 0) is 20.6 Å². The van der Waals surface area contributed by atoms with Gasteiger partial charge in [-0.3, -0.25) is 4.90 Å². The Morgan fingerprint density at radius 2 is 1.54 bits per heavy atom. The summed E-state index contributed by atoms with van der Waals surface area (Å²) in [7, 11) is -0.288. The van der Waals surface area contributed by atoms with E-state index in [2.05, 4.69) is 70.7 Å². The van der Waals surface area contributed by atoms with Gasteiger partial charge in [0.15, 0.2) is 0 Å². The summed E-state index contributed by atoms with van der Waals surface area (Å²) in [5.41, 5.74) is 1.88. The molecule has 0 saturated carbocycles. The zero-order chi connectivity index (χ0) is 17.6. The second-order valence-electron chi connectivity index (χ2n) is 8.62. The van der Waals surface area contributed by atoms with Crippen molar-refractivity contribution in [3.63, 3.8) is 0 Å². The first-order valence-electron chi connectivity index (χ1n) is 8.88. The van der Waals surface area contributed by atoms with Crippen LogP contribution in [0.4, 0.5) is 0 Å². The van der Waals surface area contributed by atoms with Gasteiger partial charge < -0.3 is 14.0 Å². The molecule has 0 spiro atoms. The summed E-state index contributed by atoms with van der Waals surface area (Å²) < 4.78 is 17.9. The number of benzene rings is 1. The van der Waals surface area contributed by atoms with Crippen molar-refractivity contribution in [1.29, 1.82) is 0 Å². The molecule has 0 atom stereocenters. The summed E-state index contributed by atoms with van der Waals surface area (Å²) in [5.74, 6) is 0. The Hall–Kier alpha value is -0.875. The number of rotatable bonds is 3. The average Bonchev–Trinajstić information content (AvgIpc) is 2.70. The van der Waals surface area contributed by atoms with Crippen LogP contribution in [0, 0.1) is 0 Å². The SMILES string of the molecule is CC1(C)COCCN1Cc1ccc(B2OC(C)(C)C(C)(C)O2)cc1. The van der Waals surface area contributed by atoms with Gasteiger partial charge in [0, 0.05) is 18.6 Å². The van der Waals surface area contributed by atoms with Gasteiger partial charge in [0.2, 0.25) is 0 Å². The highest BCUT2D eigenvalue weighted by Gasteiger charge is 2.51. The minimum atomic E-state index is -0.297. The summed E-state index contributed by atoms with van der Waals surface area (Å²) in [6.45, 7) is 16.4. The smallest absolute Gasteiger partial charge is 0.399 e. The molecule has 2 aliphatic rings. The normalized spacial score (nSPS) is 25.8. The average molecular weight is 331 g/mol. The second-order valence-corrected chi connectivity index (χ2v) is 8.62. The van der Waals surface area contributed by atoms with Crippen LogP contribution in [0.2, 0.25) is 0 Å². The predicted molar refractivity (Wildman–Crippen MR) is 97.5 cm³/mol. The fraction of sp³-hybridized carbons (Fsp3) is 0.684. The molecule has 5 heteroatoms. The third kappa shape index (κ3) is 3.41. The second kappa shape index (κ2) is 6.13. The van der Waals surface area contributed by atoms with Crippen LogP contribution in [0.25, 0.3) is 0 Å². The molecule has 1 aromatic carbocycles. The molecule has 0 unspecified atom stereocenters. The van der Waals surface area contributed by atoms with E-state index in [1.54, 1.807) is 0 Å². The van der Waals surface area contributed by atoms with E-state index in [0.29, 0.717) is 0 Å². The van der Waals surface area contributed by atoms with Crippen LogP contribution in [0.15, 0.2) is 24.3 Å². The van der Waals surface area contributed by atoms with E-state index in [0.717, 1.165) is 31.8 Å². The van der Waals surface area contributed by atoms with Crippen molar-refractivity contribution < 1.29 is 14.0 Å². The van der Waals surface area contributed by atoms with Gasteiger partial charge >= 0.3 is 7.12 Å². The minimum Gasteiger partial charge on any atom is -0.399 e. The molecule has 0 radical (unpaired) electrons. The highest BCUT2D eigenvalue weighted by molar-refractivity contribution is 6.62. The fourth-order valence-electron chi connectivity index (χ4n) is 3.16.